The van der Waals surface area contributed by atoms with Crippen LogP contribution in [0.4, 0.5) is 5.69 Å². The standard InChI is InChI=1S/C17H23NO2/c1-19-8-9-20-17-6-4-16(5-7-17)18-12-15-11-13-2-3-14(15)10-13/h2-7,13-15,18H,8-12H2,1H3. The van der Waals surface area contributed by atoms with E-state index in [1.807, 2.05) is 12.1 Å². The van der Waals surface area contributed by atoms with Gasteiger partial charge in [-0.05, 0) is 54.9 Å². The first-order valence-corrected chi connectivity index (χ1v) is 7.49. The van der Waals surface area contributed by atoms with E-state index in [-0.39, 0.29) is 0 Å². The molecule has 20 heavy (non-hydrogen) atoms. The highest BCUT2D eigenvalue weighted by Gasteiger charge is 2.35. The normalized spacial score (nSPS) is 26.9. The molecular formula is C17H23NO2. The summed E-state index contributed by atoms with van der Waals surface area (Å²) in [6.45, 7) is 2.30. The molecule has 0 spiro atoms. The van der Waals surface area contributed by atoms with Crippen molar-refractivity contribution in [3.63, 3.8) is 0 Å². The maximum absolute atomic E-state index is 5.56. The number of anilines is 1. The number of ether oxygens (including phenoxy) is 2. The van der Waals surface area contributed by atoms with Crippen LogP contribution < -0.4 is 10.1 Å². The number of nitrogens with one attached hydrogen (secondary N) is 1. The van der Waals surface area contributed by atoms with Gasteiger partial charge < -0.3 is 14.8 Å². The van der Waals surface area contributed by atoms with Crippen LogP contribution in [0.3, 0.4) is 0 Å². The predicted molar refractivity (Wildman–Crippen MR) is 81.1 cm³/mol. The maximum Gasteiger partial charge on any atom is 0.119 e. The molecule has 3 atom stereocenters. The Labute approximate surface area is 121 Å². The zero-order valence-corrected chi connectivity index (χ0v) is 12.0. The van der Waals surface area contributed by atoms with Gasteiger partial charge in [-0.1, -0.05) is 12.2 Å². The van der Waals surface area contributed by atoms with Crippen molar-refractivity contribution in [1.29, 1.82) is 0 Å². The van der Waals surface area contributed by atoms with E-state index in [2.05, 4.69) is 29.6 Å². The van der Waals surface area contributed by atoms with Gasteiger partial charge in [-0.2, -0.15) is 0 Å². The van der Waals surface area contributed by atoms with Crippen LogP contribution in [0.25, 0.3) is 0 Å². The van der Waals surface area contributed by atoms with Crippen molar-refractivity contribution in [3.8, 4) is 5.75 Å². The lowest BCUT2D eigenvalue weighted by molar-refractivity contribution is 0.146. The summed E-state index contributed by atoms with van der Waals surface area (Å²) in [5.74, 6) is 3.37. The van der Waals surface area contributed by atoms with Crippen LogP contribution in [0.15, 0.2) is 36.4 Å². The minimum absolute atomic E-state index is 0.598. The number of hydrogen-bond acceptors (Lipinski definition) is 3. The van der Waals surface area contributed by atoms with Crippen molar-refractivity contribution in [2.24, 2.45) is 17.8 Å². The van der Waals surface area contributed by atoms with Crippen LogP contribution in [-0.4, -0.2) is 26.9 Å². The van der Waals surface area contributed by atoms with Gasteiger partial charge in [-0.15, -0.1) is 0 Å². The molecule has 0 radical (unpaired) electrons. The van der Waals surface area contributed by atoms with Crippen molar-refractivity contribution in [3.05, 3.63) is 36.4 Å². The van der Waals surface area contributed by atoms with Crippen LogP contribution in [0.5, 0.6) is 5.75 Å². The van der Waals surface area contributed by atoms with E-state index < -0.39 is 0 Å². The van der Waals surface area contributed by atoms with Crippen molar-refractivity contribution in [2.75, 3.05) is 32.2 Å². The van der Waals surface area contributed by atoms with Crippen LogP contribution >= 0.6 is 0 Å². The Morgan fingerprint density at radius 3 is 2.60 bits per heavy atom. The zero-order chi connectivity index (χ0) is 13.8. The van der Waals surface area contributed by atoms with Crippen LogP contribution in [0.1, 0.15) is 12.8 Å². The summed E-state index contributed by atoms with van der Waals surface area (Å²) in [4.78, 5) is 0. The molecular weight excluding hydrogens is 250 g/mol. The van der Waals surface area contributed by atoms with Crippen molar-refractivity contribution < 1.29 is 9.47 Å². The van der Waals surface area contributed by atoms with Crippen LogP contribution in [0.2, 0.25) is 0 Å². The number of benzene rings is 1. The van der Waals surface area contributed by atoms with E-state index in [0.29, 0.717) is 13.2 Å². The topological polar surface area (TPSA) is 30.5 Å². The lowest BCUT2D eigenvalue weighted by Gasteiger charge is -2.19. The average Bonchev–Trinajstić information content (AvgIpc) is 3.09. The molecule has 0 amide bonds. The van der Waals surface area contributed by atoms with E-state index >= 15 is 0 Å². The highest BCUT2D eigenvalue weighted by Crippen LogP contribution is 2.43. The molecule has 1 N–H and O–H groups in total. The molecule has 1 aromatic rings. The fraction of sp³-hybridized carbons (Fsp3) is 0.529. The first-order chi connectivity index (χ1) is 9.85. The molecule has 0 aromatic heterocycles. The lowest BCUT2D eigenvalue weighted by Crippen LogP contribution is -2.18. The Kier molecular flexibility index (Phi) is 4.26. The molecule has 3 rings (SSSR count). The molecule has 0 aliphatic heterocycles. The number of rotatable bonds is 7. The maximum atomic E-state index is 5.56. The highest BCUT2D eigenvalue weighted by molar-refractivity contribution is 5.46. The monoisotopic (exact) mass is 273 g/mol. The van der Waals surface area contributed by atoms with Gasteiger partial charge in [0.2, 0.25) is 0 Å². The van der Waals surface area contributed by atoms with Crippen molar-refractivity contribution in [2.45, 2.75) is 12.8 Å². The van der Waals surface area contributed by atoms with Crippen LogP contribution in [-0.2, 0) is 4.74 Å². The van der Waals surface area contributed by atoms with E-state index in [4.69, 9.17) is 9.47 Å². The fourth-order valence-electron chi connectivity index (χ4n) is 3.29. The minimum Gasteiger partial charge on any atom is -0.491 e. The summed E-state index contributed by atoms with van der Waals surface area (Å²) in [5, 5.41) is 3.55. The summed E-state index contributed by atoms with van der Waals surface area (Å²) in [6, 6.07) is 8.20. The summed E-state index contributed by atoms with van der Waals surface area (Å²) < 4.78 is 10.5. The molecule has 1 fully saturated rings. The van der Waals surface area contributed by atoms with Crippen molar-refractivity contribution in [1.82, 2.24) is 0 Å². The van der Waals surface area contributed by atoms with Gasteiger partial charge in [0.25, 0.3) is 0 Å². The first-order valence-electron chi connectivity index (χ1n) is 7.49. The van der Waals surface area contributed by atoms with Gasteiger partial charge in [0.05, 0.1) is 6.61 Å². The number of fused-ring (bicyclic) bond motifs is 2. The molecule has 0 saturated heterocycles. The predicted octanol–water partition coefficient (Wildman–Crippen LogP) is 3.34. The second kappa shape index (κ2) is 6.31. The Morgan fingerprint density at radius 2 is 1.95 bits per heavy atom. The molecule has 2 bridgehead atoms. The first kappa shape index (κ1) is 13.5. The van der Waals surface area contributed by atoms with Gasteiger partial charge >= 0.3 is 0 Å². The van der Waals surface area contributed by atoms with Gasteiger partial charge in [0.1, 0.15) is 12.4 Å². The molecule has 2 aliphatic carbocycles. The van der Waals surface area contributed by atoms with Gasteiger partial charge in [0, 0.05) is 19.3 Å². The molecule has 0 heterocycles. The Morgan fingerprint density at radius 1 is 1.10 bits per heavy atom. The van der Waals surface area contributed by atoms with Gasteiger partial charge in [0.15, 0.2) is 0 Å². The Balaban J connectivity index is 1.45. The average molecular weight is 273 g/mol. The van der Waals surface area contributed by atoms with E-state index in [9.17, 15) is 0 Å². The number of methoxy groups -OCH3 is 1. The Bertz CT molecular complexity index is 455. The van der Waals surface area contributed by atoms with E-state index in [0.717, 1.165) is 30.0 Å². The summed E-state index contributed by atoms with van der Waals surface area (Å²) in [7, 11) is 1.68. The zero-order valence-electron chi connectivity index (χ0n) is 12.0. The summed E-state index contributed by atoms with van der Waals surface area (Å²) in [5.41, 5.74) is 1.18. The molecule has 3 nitrogen and oxygen atoms in total. The molecule has 1 saturated carbocycles. The molecule has 3 unspecified atom stereocenters. The van der Waals surface area contributed by atoms with E-state index in [1.54, 1.807) is 7.11 Å². The smallest absolute Gasteiger partial charge is 0.119 e. The van der Waals surface area contributed by atoms with E-state index in [1.165, 1.54) is 18.5 Å². The van der Waals surface area contributed by atoms with Crippen LogP contribution in [0, 0.1) is 17.8 Å². The van der Waals surface area contributed by atoms with Gasteiger partial charge in [-0.3, -0.25) is 0 Å². The third-order valence-electron chi connectivity index (χ3n) is 4.40. The molecule has 3 heteroatoms. The number of allylic oxidation sites excluding steroid dienone is 2. The molecule has 2 aliphatic rings. The largest absolute Gasteiger partial charge is 0.491 e. The lowest BCUT2D eigenvalue weighted by atomic mass is 9.93. The quantitative estimate of drug-likeness (QED) is 0.610. The molecule has 108 valence electrons. The van der Waals surface area contributed by atoms with Gasteiger partial charge in [-0.25, -0.2) is 0 Å². The fourth-order valence-corrected chi connectivity index (χ4v) is 3.29. The summed E-state index contributed by atoms with van der Waals surface area (Å²) in [6.07, 6.45) is 7.53. The molecule has 1 aromatic carbocycles. The second-order valence-electron chi connectivity index (χ2n) is 5.79. The highest BCUT2D eigenvalue weighted by atomic mass is 16.5. The third-order valence-corrected chi connectivity index (χ3v) is 4.40. The third kappa shape index (κ3) is 3.15. The summed E-state index contributed by atoms with van der Waals surface area (Å²) >= 11 is 0. The second-order valence-corrected chi connectivity index (χ2v) is 5.79. The number of hydrogen-bond donors (Lipinski definition) is 1. The van der Waals surface area contributed by atoms with Crippen molar-refractivity contribution >= 4 is 5.69 Å². The Hall–Kier alpha value is -1.48. The SMILES string of the molecule is COCCOc1ccc(NCC2CC3C=CC2C3)cc1. The minimum atomic E-state index is 0.598.